The Morgan fingerprint density at radius 1 is 1.09 bits per heavy atom. The van der Waals surface area contributed by atoms with Gasteiger partial charge in [0.05, 0.1) is 17.9 Å². The monoisotopic (exact) mass is 301 g/mol. The van der Waals surface area contributed by atoms with Crippen LogP contribution in [0.3, 0.4) is 0 Å². The molecule has 0 aliphatic carbocycles. The zero-order chi connectivity index (χ0) is 16.1. The van der Waals surface area contributed by atoms with E-state index < -0.39 is 5.97 Å². The van der Waals surface area contributed by atoms with Crippen LogP contribution in [0.4, 0.5) is 29.0 Å². The number of nitrogens with zero attached hydrogens (tertiary/aromatic N) is 4. The van der Waals surface area contributed by atoms with E-state index in [9.17, 15) is 4.79 Å². The van der Waals surface area contributed by atoms with Crippen molar-refractivity contribution in [2.45, 2.75) is 6.92 Å². The third kappa shape index (κ3) is 3.45. The van der Waals surface area contributed by atoms with E-state index in [0.717, 1.165) is 0 Å². The van der Waals surface area contributed by atoms with E-state index in [-0.39, 0.29) is 23.3 Å². The first kappa shape index (κ1) is 15.2. The molecule has 1 aromatic carbocycles. The summed E-state index contributed by atoms with van der Waals surface area (Å²) in [5.74, 6) is -0.354. The maximum Gasteiger partial charge on any atom is 0.338 e. The van der Waals surface area contributed by atoms with E-state index in [0.29, 0.717) is 17.9 Å². The van der Waals surface area contributed by atoms with Crippen molar-refractivity contribution in [3.05, 3.63) is 29.8 Å². The lowest BCUT2D eigenvalue weighted by Gasteiger charge is -2.03. The van der Waals surface area contributed by atoms with Crippen molar-refractivity contribution in [3.8, 4) is 0 Å². The van der Waals surface area contributed by atoms with Gasteiger partial charge in [-0.25, -0.2) is 4.79 Å². The summed E-state index contributed by atoms with van der Waals surface area (Å²) in [7, 11) is 0. The number of hydrogen-bond donors (Lipinski definition) is 3. The van der Waals surface area contributed by atoms with E-state index in [2.05, 4.69) is 20.2 Å². The van der Waals surface area contributed by atoms with Crippen LogP contribution in [0.2, 0.25) is 0 Å². The first-order chi connectivity index (χ1) is 10.5. The third-order valence-electron chi connectivity index (χ3n) is 2.60. The van der Waals surface area contributed by atoms with E-state index >= 15 is 0 Å². The van der Waals surface area contributed by atoms with Crippen molar-refractivity contribution in [1.29, 1.82) is 0 Å². The number of nitrogens with two attached hydrogens (primary N) is 3. The van der Waals surface area contributed by atoms with Crippen LogP contribution in [0.15, 0.2) is 34.5 Å². The van der Waals surface area contributed by atoms with Gasteiger partial charge in [-0.3, -0.25) is 0 Å². The van der Waals surface area contributed by atoms with Gasteiger partial charge in [0, 0.05) is 0 Å². The van der Waals surface area contributed by atoms with Gasteiger partial charge in [-0.1, -0.05) is 0 Å². The Bertz CT molecular complexity index is 690. The van der Waals surface area contributed by atoms with Gasteiger partial charge in [0.2, 0.25) is 5.95 Å². The second-order valence-corrected chi connectivity index (χ2v) is 4.17. The smallest absolute Gasteiger partial charge is 0.338 e. The predicted molar refractivity (Wildman–Crippen MR) is 81.8 cm³/mol. The summed E-state index contributed by atoms with van der Waals surface area (Å²) >= 11 is 0. The Balaban J connectivity index is 2.19. The summed E-state index contributed by atoms with van der Waals surface area (Å²) in [6, 6.07) is 6.39. The van der Waals surface area contributed by atoms with Crippen molar-refractivity contribution in [2.75, 3.05) is 23.8 Å². The van der Waals surface area contributed by atoms with Crippen LogP contribution in [0.5, 0.6) is 0 Å². The number of benzene rings is 1. The summed E-state index contributed by atoms with van der Waals surface area (Å²) in [6.45, 7) is 2.06. The topological polar surface area (TPSA) is 155 Å². The van der Waals surface area contributed by atoms with E-state index in [1.807, 2.05) is 0 Å². The molecule has 1 aromatic heterocycles. The van der Waals surface area contributed by atoms with Crippen LogP contribution < -0.4 is 17.2 Å². The fourth-order valence-corrected chi connectivity index (χ4v) is 1.60. The quantitative estimate of drug-likeness (QED) is 0.574. The molecule has 0 aliphatic heterocycles. The fourth-order valence-electron chi connectivity index (χ4n) is 1.60. The molecular weight excluding hydrogens is 286 g/mol. The summed E-state index contributed by atoms with van der Waals surface area (Å²) in [5, 5.41) is 7.87. The molecule has 0 aliphatic rings. The maximum atomic E-state index is 11.5. The van der Waals surface area contributed by atoms with Crippen molar-refractivity contribution in [3.63, 3.8) is 0 Å². The van der Waals surface area contributed by atoms with Crippen molar-refractivity contribution in [2.24, 2.45) is 10.2 Å². The summed E-state index contributed by atoms with van der Waals surface area (Å²) < 4.78 is 4.89. The molecule has 0 saturated carbocycles. The molecule has 1 heterocycles. The van der Waals surface area contributed by atoms with E-state index in [1.165, 1.54) is 0 Å². The SMILES string of the molecule is CCOC(=O)c1ccc(N=Nc2c(N)nc(N)nc2N)cc1. The highest BCUT2D eigenvalue weighted by Gasteiger charge is 2.08. The second-order valence-electron chi connectivity index (χ2n) is 4.17. The van der Waals surface area contributed by atoms with Gasteiger partial charge < -0.3 is 21.9 Å². The van der Waals surface area contributed by atoms with Crippen LogP contribution >= 0.6 is 0 Å². The van der Waals surface area contributed by atoms with Crippen molar-refractivity contribution >= 4 is 34.9 Å². The third-order valence-corrected chi connectivity index (χ3v) is 2.60. The molecule has 9 nitrogen and oxygen atoms in total. The van der Waals surface area contributed by atoms with Crippen LogP contribution in [0.25, 0.3) is 0 Å². The molecule has 114 valence electrons. The molecule has 0 amide bonds. The average molecular weight is 301 g/mol. The summed E-state index contributed by atoms with van der Waals surface area (Å²) in [6.07, 6.45) is 0. The molecule has 0 radical (unpaired) electrons. The number of rotatable bonds is 4. The largest absolute Gasteiger partial charge is 0.462 e. The summed E-state index contributed by atoms with van der Waals surface area (Å²) in [5.41, 5.74) is 17.8. The zero-order valence-corrected chi connectivity index (χ0v) is 11.9. The standard InChI is InChI=1S/C13H15N7O2/c1-2-22-12(21)7-3-5-8(6-4-7)19-20-9-10(14)17-13(16)18-11(9)15/h3-6H,2H2,1H3,(H6,14,15,16,17,18). The van der Waals surface area contributed by atoms with Gasteiger partial charge >= 0.3 is 5.97 Å². The first-order valence-corrected chi connectivity index (χ1v) is 6.38. The Kier molecular flexibility index (Phi) is 4.47. The molecule has 0 atom stereocenters. The number of ether oxygens (including phenoxy) is 1. The van der Waals surface area contributed by atoms with E-state index in [4.69, 9.17) is 21.9 Å². The Labute approximate surface area is 126 Å². The first-order valence-electron chi connectivity index (χ1n) is 6.38. The minimum absolute atomic E-state index is 0.0345. The number of esters is 1. The van der Waals surface area contributed by atoms with Gasteiger partial charge in [-0.15, -0.1) is 5.11 Å². The molecule has 0 bridgehead atoms. The predicted octanol–water partition coefficient (Wildman–Crippen LogP) is 1.82. The van der Waals surface area contributed by atoms with Crippen LogP contribution in [0, 0.1) is 0 Å². The van der Waals surface area contributed by atoms with Crippen molar-refractivity contribution in [1.82, 2.24) is 9.97 Å². The number of aromatic nitrogens is 2. The lowest BCUT2D eigenvalue weighted by atomic mass is 10.2. The fraction of sp³-hybridized carbons (Fsp3) is 0.154. The zero-order valence-electron chi connectivity index (χ0n) is 11.9. The minimum atomic E-state index is -0.397. The van der Waals surface area contributed by atoms with Gasteiger partial charge in [0.1, 0.15) is 0 Å². The number of carbonyl (C=O) groups excluding carboxylic acids is 1. The van der Waals surface area contributed by atoms with Crippen molar-refractivity contribution < 1.29 is 9.53 Å². The molecule has 22 heavy (non-hydrogen) atoms. The Hall–Kier alpha value is -3.23. The molecule has 0 fully saturated rings. The van der Waals surface area contributed by atoms with E-state index in [1.54, 1.807) is 31.2 Å². The summed E-state index contributed by atoms with van der Waals surface area (Å²) in [4.78, 5) is 19.0. The average Bonchev–Trinajstić information content (AvgIpc) is 2.47. The van der Waals surface area contributed by atoms with Gasteiger partial charge in [0.15, 0.2) is 17.3 Å². The number of carbonyl (C=O) groups is 1. The minimum Gasteiger partial charge on any atom is -0.462 e. The highest BCUT2D eigenvalue weighted by atomic mass is 16.5. The Morgan fingerprint density at radius 3 is 2.23 bits per heavy atom. The van der Waals surface area contributed by atoms with Crippen LogP contribution in [-0.2, 0) is 4.74 Å². The highest BCUT2D eigenvalue weighted by molar-refractivity contribution is 5.89. The number of nitrogen functional groups attached to an aromatic ring is 3. The molecule has 0 unspecified atom stereocenters. The molecule has 9 heteroatoms. The molecule has 0 saturated heterocycles. The van der Waals surface area contributed by atoms with Crippen LogP contribution in [0.1, 0.15) is 17.3 Å². The second kappa shape index (κ2) is 6.48. The lowest BCUT2D eigenvalue weighted by molar-refractivity contribution is 0.0526. The molecular formula is C13H15N7O2. The lowest BCUT2D eigenvalue weighted by Crippen LogP contribution is -2.03. The van der Waals surface area contributed by atoms with Gasteiger partial charge in [-0.2, -0.15) is 15.1 Å². The normalized spacial score (nSPS) is 10.8. The Morgan fingerprint density at radius 2 is 1.68 bits per heavy atom. The van der Waals surface area contributed by atoms with Crippen LogP contribution in [-0.4, -0.2) is 22.5 Å². The van der Waals surface area contributed by atoms with Gasteiger partial charge in [-0.05, 0) is 31.2 Å². The highest BCUT2D eigenvalue weighted by Crippen LogP contribution is 2.28. The van der Waals surface area contributed by atoms with Gasteiger partial charge in [0.25, 0.3) is 0 Å². The molecule has 0 spiro atoms. The maximum absolute atomic E-state index is 11.5. The number of azo groups is 1. The number of anilines is 3. The molecule has 6 N–H and O–H groups in total. The molecule has 2 aromatic rings. The number of hydrogen-bond acceptors (Lipinski definition) is 9. The molecule has 2 rings (SSSR count).